The summed E-state index contributed by atoms with van der Waals surface area (Å²) < 4.78 is 11.0. The van der Waals surface area contributed by atoms with Gasteiger partial charge in [-0.2, -0.15) is 0 Å². The van der Waals surface area contributed by atoms with Gasteiger partial charge >= 0.3 is 0 Å². The highest BCUT2D eigenvalue weighted by atomic mass is 16.5. The van der Waals surface area contributed by atoms with E-state index in [1.54, 1.807) is 0 Å². The summed E-state index contributed by atoms with van der Waals surface area (Å²) in [5.41, 5.74) is 0. The third-order valence-electron chi connectivity index (χ3n) is 3.19. The van der Waals surface area contributed by atoms with Crippen molar-refractivity contribution in [3.05, 3.63) is 0 Å². The maximum atomic E-state index is 5.52. The lowest BCUT2D eigenvalue weighted by Gasteiger charge is -2.20. The molecular weight excluding hydrogens is 212 g/mol. The fourth-order valence-corrected chi connectivity index (χ4v) is 2.29. The fraction of sp³-hybridized carbons (Fsp3) is 1.00. The Bertz CT molecular complexity index is 148. The molecular formula is C15H32O2. The van der Waals surface area contributed by atoms with Gasteiger partial charge in [0.1, 0.15) is 0 Å². The van der Waals surface area contributed by atoms with Crippen LogP contribution in [0, 0.1) is 11.8 Å². The summed E-state index contributed by atoms with van der Waals surface area (Å²) in [5.74, 6) is 1.43. The van der Waals surface area contributed by atoms with Crippen molar-refractivity contribution in [3.63, 3.8) is 0 Å². The van der Waals surface area contributed by atoms with E-state index in [0.29, 0.717) is 24.0 Å². The Kier molecular flexibility index (Phi) is 9.85. The Morgan fingerprint density at radius 1 is 0.706 bits per heavy atom. The number of ether oxygens (including phenoxy) is 2. The minimum Gasteiger partial charge on any atom is -0.381 e. The zero-order valence-electron chi connectivity index (χ0n) is 12.7. The van der Waals surface area contributed by atoms with Crippen LogP contribution < -0.4 is 0 Å². The van der Waals surface area contributed by atoms with Gasteiger partial charge in [0.15, 0.2) is 0 Å². The van der Waals surface area contributed by atoms with Gasteiger partial charge in [-0.25, -0.2) is 0 Å². The highest BCUT2D eigenvalue weighted by Gasteiger charge is 2.13. The minimum atomic E-state index is 0.423. The molecule has 0 bridgehead atoms. The third-order valence-corrected chi connectivity index (χ3v) is 3.19. The van der Waals surface area contributed by atoms with Gasteiger partial charge in [-0.3, -0.25) is 0 Å². The number of hydrogen-bond donors (Lipinski definition) is 0. The van der Waals surface area contributed by atoms with E-state index in [1.807, 2.05) is 14.2 Å². The van der Waals surface area contributed by atoms with Crippen molar-refractivity contribution in [1.29, 1.82) is 0 Å². The maximum absolute atomic E-state index is 5.52. The second-order valence-corrected chi connectivity index (χ2v) is 5.91. The fourth-order valence-electron chi connectivity index (χ4n) is 2.29. The van der Waals surface area contributed by atoms with Crippen LogP contribution in [-0.2, 0) is 9.47 Å². The van der Waals surface area contributed by atoms with Gasteiger partial charge in [0.25, 0.3) is 0 Å². The molecule has 0 aromatic carbocycles. The lowest BCUT2D eigenvalue weighted by atomic mass is 9.97. The Balaban J connectivity index is 3.77. The SMILES string of the molecule is COC(CCCC(CC(C)C)OC)CC(C)C. The lowest BCUT2D eigenvalue weighted by Crippen LogP contribution is -2.17. The average molecular weight is 244 g/mol. The number of rotatable bonds is 10. The molecule has 0 aromatic rings. The zero-order chi connectivity index (χ0) is 13.3. The van der Waals surface area contributed by atoms with Gasteiger partial charge in [0.05, 0.1) is 12.2 Å². The average Bonchev–Trinajstić information content (AvgIpc) is 2.25. The van der Waals surface area contributed by atoms with E-state index in [9.17, 15) is 0 Å². The van der Waals surface area contributed by atoms with E-state index in [0.717, 1.165) is 12.8 Å². The third kappa shape index (κ3) is 9.61. The van der Waals surface area contributed by atoms with Crippen LogP contribution in [0.3, 0.4) is 0 Å². The van der Waals surface area contributed by atoms with E-state index < -0.39 is 0 Å². The standard InChI is InChI=1S/C15H32O2/c1-12(2)10-14(16-5)8-7-9-15(17-6)11-13(3)4/h12-15H,7-11H2,1-6H3. The molecule has 0 aliphatic carbocycles. The van der Waals surface area contributed by atoms with Crippen LogP contribution in [-0.4, -0.2) is 26.4 Å². The van der Waals surface area contributed by atoms with Crippen molar-refractivity contribution in [2.45, 2.75) is 72.0 Å². The van der Waals surface area contributed by atoms with E-state index >= 15 is 0 Å². The van der Waals surface area contributed by atoms with Gasteiger partial charge in [-0.1, -0.05) is 27.7 Å². The second-order valence-electron chi connectivity index (χ2n) is 5.91. The Morgan fingerprint density at radius 3 is 1.29 bits per heavy atom. The van der Waals surface area contributed by atoms with Crippen LogP contribution in [0.1, 0.15) is 59.8 Å². The van der Waals surface area contributed by atoms with Gasteiger partial charge in [0, 0.05) is 14.2 Å². The molecule has 104 valence electrons. The summed E-state index contributed by atoms with van der Waals surface area (Å²) >= 11 is 0. The molecule has 2 unspecified atom stereocenters. The molecule has 0 fully saturated rings. The predicted molar refractivity (Wildman–Crippen MR) is 74.4 cm³/mol. The first-order valence-corrected chi connectivity index (χ1v) is 7.05. The van der Waals surface area contributed by atoms with E-state index in [1.165, 1.54) is 19.3 Å². The second kappa shape index (κ2) is 9.90. The topological polar surface area (TPSA) is 18.5 Å². The van der Waals surface area contributed by atoms with E-state index in [-0.39, 0.29) is 0 Å². The Labute approximate surface area is 108 Å². The molecule has 0 aliphatic heterocycles. The molecule has 2 heteroatoms. The molecule has 17 heavy (non-hydrogen) atoms. The zero-order valence-corrected chi connectivity index (χ0v) is 12.7. The first-order chi connectivity index (χ1) is 7.99. The summed E-state index contributed by atoms with van der Waals surface area (Å²) in [6.45, 7) is 9.01. The maximum Gasteiger partial charge on any atom is 0.0573 e. The molecule has 0 saturated carbocycles. The molecule has 0 aliphatic rings. The largest absolute Gasteiger partial charge is 0.381 e. The molecule has 0 aromatic heterocycles. The molecule has 0 rings (SSSR count). The molecule has 0 saturated heterocycles. The van der Waals surface area contributed by atoms with Crippen molar-refractivity contribution in [1.82, 2.24) is 0 Å². The van der Waals surface area contributed by atoms with Crippen LogP contribution in [0.5, 0.6) is 0 Å². The highest BCUT2D eigenvalue weighted by molar-refractivity contribution is 4.65. The molecule has 0 amide bonds. The molecule has 2 atom stereocenters. The molecule has 0 N–H and O–H groups in total. The first-order valence-electron chi connectivity index (χ1n) is 7.05. The molecule has 2 nitrogen and oxygen atoms in total. The minimum absolute atomic E-state index is 0.423. The lowest BCUT2D eigenvalue weighted by molar-refractivity contribution is 0.0545. The van der Waals surface area contributed by atoms with Crippen LogP contribution >= 0.6 is 0 Å². The normalized spacial score (nSPS) is 15.5. The molecule has 0 radical (unpaired) electrons. The van der Waals surface area contributed by atoms with Crippen LogP contribution in [0.15, 0.2) is 0 Å². The summed E-state index contributed by atoms with van der Waals surface area (Å²) in [6.07, 6.45) is 6.70. The van der Waals surface area contributed by atoms with Gasteiger partial charge in [-0.15, -0.1) is 0 Å². The summed E-state index contributed by atoms with van der Waals surface area (Å²) in [7, 11) is 3.66. The van der Waals surface area contributed by atoms with Crippen LogP contribution in [0.25, 0.3) is 0 Å². The quantitative estimate of drug-likeness (QED) is 0.571. The van der Waals surface area contributed by atoms with Crippen molar-refractivity contribution < 1.29 is 9.47 Å². The molecule has 0 spiro atoms. The summed E-state index contributed by atoms with van der Waals surface area (Å²) in [6, 6.07) is 0. The number of hydrogen-bond acceptors (Lipinski definition) is 2. The Morgan fingerprint density at radius 2 is 1.06 bits per heavy atom. The van der Waals surface area contributed by atoms with Gasteiger partial charge in [-0.05, 0) is 43.9 Å². The highest BCUT2D eigenvalue weighted by Crippen LogP contribution is 2.18. The van der Waals surface area contributed by atoms with Crippen molar-refractivity contribution >= 4 is 0 Å². The predicted octanol–water partition coefficient (Wildman–Crippen LogP) is 4.28. The smallest absolute Gasteiger partial charge is 0.0573 e. The van der Waals surface area contributed by atoms with E-state index in [4.69, 9.17) is 9.47 Å². The van der Waals surface area contributed by atoms with E-state index in [2.05, 4.69) is 27.7 Å². The monoisotopic (exact) mass is 244 g/mol. The van der Waals surface area contributed by atoms with Gasteiger partial charge < -0.3 is 9.47 Å². The summed E-state index contributed by atoms with van der Waals surface area (Å²) in [4.78, 5) is 0. The first kappa shape index (κ1) is 16.9. The van der Waals surface area contributed by atoms with Crippen LogP contribution in [0.2, 0.25) is 0 Å². The van der Waals surface area contributed by atoms with Crippen LogP contribution in [0.4, 0.5) is 0 Å². The molecule has 0 heterocycles. The number of methoxy groups -OCH3 is 2. The Hall–Kier alpha value is -0.0800. The van der Waals surface area contributed by atoms with Crippen molar-refractivity contribution in [2.24, 2.45) is 11.8 Å². The van der Waals surface area contributed by atoms with Gasteiger partial charge in [0.2, 0.25) is 0 Å². The van der Waals surface area contributed by atoms with Crippen molar-refractivity contribution in [2.75, 3.05) is 14.2 Å². The summed E-state index contributed by atoms with van der Waals surface area (Å²) in [5, 5.41) is 0. The van der Waals surface area contributed by atoms with Crippen molar-refractivity contribution in [3.8, 4) is 0 Å².